The highest BCUT2D eigenvalue weighted by Crippen LogP contribution is 2.14. The van der Waals surface area contributed by atoms with Gasteiger partial charge in [-0.3, -0.25) is 0 Å². The van der Waals surface area contributed by atoms with E-state index in [1.807, 2.05) is 0 Å². The number of hydrogen-bond acceptors (Lipinski definition) is 1. The molecule has 0 aliphatic rings. The summed E-state index contributed by atoms with van der Waals surface area (Å²) >= 11 is 2.33. The summed E-state index contributed by atoms with van der Waals surface area (Å²) in [6, 6.07) is 9.13. The maximum Gasteiger partial charge on any atom is 0.0342 e. The Kier molecular flexibility index (Phi) is 5.43. The number of halogens is 1. The molecule has 15 heavy (non-hydrogen) atoms. The highest BCUT2D eigenvalue weighted by Gasteiger charge is 2.03. The Morgan fingerprint density at radius 2 is 1.67 bits per heavy atom. The molecule has 0 saturated carbocycles. The molecule has 0 aromatic heterocycles. The molecule has 84 valence electrons. The molecule has 0 saturated heterocycles. The molecule has 1 rings (SSSR count). The molecular formula is C13H20IN. The third-order valence-electron chi connectivity index (χ3n) is 2.43. The standard InChI is InChI=1S/C13H20IN/c1-10(2)4-5-11(3)15-13-8-6-12(14)7-9-13/h6-11,15H,4-5H2,1-3H3. The van der Waals surface area contributed by atoms with E-state index in [0.29, 0.717) is 6.04 Å². The van der Waals surface area contributed by atoms with Gasteiger partial charge in [0, 0.05) is 15.3 Å². The zero-order chi connectivity index (χ0) is 11.3. The third-order valence-corrected chi connectivity index (χ3v) is 3.15. The van der Waals surface area contributed by atoms with E-state index in [0.717, 1.165) is 5.92 Å². The van der Waals surface area contributed by atoms with E-state index in [1.165, 1.54) is 22.1 Å². The Morgan fingerprint density at radius 3 is 2.20 bits per heavy atom. The molecule has 1 nitrogen and oxygen atoms in total. The van der Waals surface area contributed by atoms with Gasteiger partial charge in [0.25, 0.3) is 0 Å². The topological polar surface area (TPSA) is 12.0 Å². The average Bonchev–Trinajstić information content (AvgIpc) is 2.19. The van der Waals surface area contributed by atoms with Gasteiger partial charge in [0.1, 0.15) is 0 Å². The SMILES string of the molecule is CC(C)CCC(C)Nc1ccc(I)cc1. The van der Waals surface area contributed by atoms with Crippen LogP contribution in [0.4, 0.5) is 5.69 Å². The lowest BCUT2D eigenvalue weighted by Crippen LogP contribution is -2.15. The Morgan fingerprint density at radius 1 is 1.07 bits per heavy atom. The van der Waals surface area contributed by atoms with Crippen LogP contribution in [0.25, 0.3) is 0 Å². The fourth-order valence-electron chi connectivity index (χ4n) is 1.49. The van der Waals surface area contributed by atoms with Gasteiger partial charge >= 0.3 is 0 Å². The van der Waals surface area contributed by atoms with Gasteiger partial charge in [0.2, 0.25) is 0 Å². The molecule has 0 radical (unpaired) electrons. The first-order valence-corrected chi connectivity index (χ1v) is 6.68. The summed E-state index contributed by atoms with van der Waals surface area (Å²) < 4.78 is 1.29. The first kappa shape index (κ1) is 12.8. The number of benzene rings is 1. The van der Waals surface area contributed by atoms with Crippen LogP contribution in [-0.2, 0) is 0 Å². The van der Waals surface area contributed by atoms with Crippen molar-refractivity contribution < 1.29 is 0 Å². The number of nitrogens with one attached hydrogen (secondary N) is 1. The van der Waals surface area contributed by atoms with Gasteiger partial charge in [-0.1, -0.05) is 13.8 Å². The number of anilines is 1. The fourth-order valence-corrected chi connectivity index (χ4v) is 1.85. The maximum atomic E-state index is 3.52. The first-order valence-electron chi connectivity index (χ1n) is 5.60. The first-order chi connectivity index (χ1) is 7.08. The normalized spacial score (nSPS) is 12.9. The zero-order valence-corrected chi connectivity index (χ0v) is 11.9. The lowest BCUT2D eigenvalue weighted by molar-refractivity contribution is 0.528. The van der Waals surface area contributed by atoms with Crippen molar-refractivity contribution in [3.8, 4) is 0 Å². The maximum absolute atomic E-state index is 3.52. The van der Waals surface area contributed by atoms with Gasteiger partial charge in [-0.25, -0.2) is 0 Å². The van der Waals surface area contributed by atoms with Crippen LogP contribution in [0.2, 0.25) is 0 Å². The number of hydrogen-bond donors (Lipinski definition) is 1. The summed E-state index contributed by atoms with van der Waals surface area (Å²) in [5.74, 6) is 0.797. The molecular weight excluding hydrogens is 297 g/mol. The number of rotatable bonds is 5. The van der Waals surface area contributed by atoms with Gasteiger partial charge in [-0.05, 0) is 72.5 Å². The summed E-state index contributed by atoms with van der Waals surface area (Å²) in [5, 5.41) is 3.52. The van der Waals surface area contributed by atoms with Crippen molar-refractivity contribution in [2.75, 3.05) is 5.32 Å². The minimum Gasteiger partial charge on any atom is -0.383 e. The van der Waals surface area contributed by atoms with Gasteiger partial charge in [-0.15, -0.1) is 0 Å². The van der Waals surface area contributed by atoms with Crippen molar-refractivity contribution in [2.45, 2.75) is 39.7 Å². The molecule has 0 aliphatic carbocycles. The van der Waals surface area contributed by atoms with Crippen LogP contribution in [-0.4, -0.2) is 6.04 Å². The minimum absolute atomic E-state index is 0.562. The summed E-state index contributed by atoms with van der Waals surface area (Å²) in [4.78, 5) is 0. The monoisotopic (exact) mass is 317 g/mol. The van der Waals surface area contributed by atoms with E-state index in [9.17, 15) is 0 Å². The van der Waals surface area contributed by atoms with Crippen LogP contribution in [0, 0.1) is 9.49 Å². The summed E-state index contributed by atoms with van der Waals surface area (Å²) in [5.41, 5.74) is 1.23. The molecule has 1 aromatic carbocycles. The fraction of sp³-hybridized carbons (Fsp3) is 0.538. The van der Waals surface area contributed by atoms with E-state index in [1.54, 1.807) is 0 Å². The molecule has 1 atom stereocenters. The summed E-state index contributed by atoms with van der Waals surface area (Å²) in [6.07, 6.45) is 2.53. The minimum atomic E-state index is 0.562. The second-order valence-corrected chi connectivity index (χ2v) is 5.77. The molecule has 0 spiro atoms. The Labute approximate surface area is 107 Å². The molecule has 1 N–H and O–H groups in total. The predicted molar refractivity (Wildman–Crippen MR) is 76.3 cm³/mol. The second-order valence-electron chi connectivity index (χ2n) is 4.52. The quantitative estimate of drug-likeness (QED) is 0.787. The van der Waals surface area contributed by atoms with Gasteiger partial charge in [0.05, 0.1) is 0 Å². The molecule has 0 heterocycles. The van der Waals surface area contributed by atoms with Crippen molar-refractivity contribution in [3.05, 3.63) is 27.8 Å². The van der Waals surface area contributed by atoms with Crippen LogP contribution >= 0.6 is 22.6 Å². The lowest BCUT2D eigenvalue weighted by Gasteiger charge is -2.16. The predicted octanol–water partition coefficient (Wildman–Crippen LogP) is 4.53. The van der Waals surface area contributed by atoms with Gasteiger partial charge in [0.15, 0.2) is 0 Å². The van der Waals surface area contributed by atoms with E-state index in [2.05, 4.69) is 72.9 Å². The molecule has 0 bridgehead atoms. The second kappa shape index (κ2) is 6.36. The van der Waals surface area contributed by atoms with Crippen molar-refractivity contribution in [1.29, 1.82) is 0 Å². The van der Waals surface area contributed by atoms with Crippen molar-refractivity contribution >= 4 is 28.3 Å². The van der Waals surface area contributed by atoms with Crippen molar-refractivity contribution in [2.24, 2.45) is 5.92 Å². The third kappa shape index (κ3) is 5.40. The van der Waals surface area contributed by atoms with Crippen molar-refractivity contribution in [1.82, 2.24) is 0 Å². The Balaban J connectivity index is 2.37. The Bertz CT molecular complexity index is 279. The van der Waals surface area contributed by atoms with Crippen LogP contribution in [0.5, 0.6) is 0 Å². The largest absolute Gasteiger partial charge is 0.383 e. The summed E-state index contributed by atoms with van der Waals surface area (Å²) in [6.45, 7) is 6.80. The highest BCUT2D eigenvalue weighted by atomic mass is 127. The van der Waals surface area contributed by atoms with E-state index < -0.39 is 0 Å². The van der Waals surface area contributed by atoms with Crippen molar-refractivity contribution in [3.63, 3.8) is 0 Å². The van der Waals surface area contributed by atoms with Crippen LogP contribution in [0.1, 0.15) is 33.6 Å². The smallest absolute Gasteiger partial charge is 0.0342 e. The lowest BCUT2D eigenvalue weighted by atomic mass is 10.0. The highest BCUT2D eigenvalue weighted by molar-refractivity contribution is 14.1. The molecule has 0 fully saturated rings. The Hall–Kier alpha value is -0.250. The van der Waals surface area contributed by atoms with Gasteiger partial charge in [-0.2, -0.15) is 0 Å². The van der Waals surface area contributed by atoms with E-state index in [-0.39, 0.29) is 0 Å². The molecule has 1 aromatic rings. The molecule has 0 amide bonds. The average molecular weight is 317 g/mol. The van der Waals surface area contributed by atoms with E-state index >= 15 is 0 Å². The van der Waals surface area contributed by atoms with Gasteiger partial charge < -0.3 is 5.32 Å². The van der Waals surface area contributed by atoms with Crippen LogP contribution in [0.15, 0.2) is 24.3 Å². The molecule has 0 aliphatic heterocycles. The van der Waals surface area contributed by atoms with E-state index in [4.69, 9.17) is 0 Å². The van der Waals surface area contributed by atoms with Crippen LogP contribution < -0.4 is 5.32 Å². The zero-order valence-electron chi connectivity index (χ0n) is 9.76. The summed E-state index contributed by atoms with van der Waals surface area (Å²) in [7, 11) is 0. The van der Waals surface area contributed by atoms with Crippen LogP contribution in [0.3, 0.4) is 0 Å². The molecule has 2 heteroatoms. The molecule has 1 unspecified atom stereocenters.